The Morgan fingerprint density at radius 2 is 1.57 bits per heavy atom. The maximum Gasteiger partial charge on any atom is 0.335 e. The first-order valence-electron chi connectivity index (χ1n) is 8.09. The molecule has 0 aliphatic carbocycles. The summed E-state index contributed by atoms with van der Waals surface area (Å²) < 4.78 is 29.2. The van der Waals surface area contributed by atoms with Crippen LogP contribution in [0.4, 0.5) is 0 Å². The van der Waals surface area contributed by atoms with Gasteiger partial charge in [-0.1, -0.05) is 0 Å². The van der Waals surface area contributed by atoms with E-state index in [9.17, 15) is 9.36 Å². The Labute approximate surface area is 138 Å². The highest BCUT2D eigenvalue weighted by Gasteiger charge is 2.32. The highest BCUT2D eigenvalue weighted by atomic mass is 31.2. The molecule has 0 aromatic carbocycles. The van der Waals surface area contributed by atoms with Crippen LogP contribution in [0.2, 0.25) is 0 Å². The van der Waals surface area contributed by atoms with Crippen molar-refractivity contribution in [2.45, 2.75) is 47.7 Å². The second kappa shape index (κ2) is 8.67. The molecule has 0 aliphatic heterocycles. The largest absolute Gasteiger partial charge is 0.466 e. The Hall–Kier alpha value is -1.10. The maximum absolute atomic E-state index is 12.8. The molecule has 23 heavy (non-hydrogen) atoms. The average Bonchev–Trinajstić information content (AvgIpc) is 2.74. The van der Waals surface area contributed by atoms with E-state index in [0.717, 1.165) is 0 Å². The summed E-state index contributed by atoms with van der Waals surface area (Å²) in [4.78, 5) is 14.5. The summed E-state index contributed by atoms with van der Waals surface area (Å²) in [6.45, 7) is 12.7. The summed E-state index contributed by atoms with van der Waals surface area (Å²) in [6.07, 6.45) is 0.0419. The number of carbonyl (C=O) groups is 1. The van der Waals surface area contributed by atoms with Crippen LogP contribution in [0.5, 0.6) is 0 Å². The van der Waals surface area contributed by atoms with E-state index in [2.05, 4.69) is 0 Å². The molecule has 0 bridgehead atoms. The molecule has 6 nitrogen and oxygen atoms in total. The van der Waals surface area contributed by atoms with Gasteiger partial charge in [0.2, 0.25) is 0 Å². The Morgan fingerprint density at radius 3 is 2.00 bits per heavy atom. The monoisotopic (exact) mass is 345 g/mol. The first-order chi connectivity index (χ1) is 10.8. The quantitative estimate of drug-likeness (QED) is 0.629. The molecule has 0 atom stereocenters. The van der Waals surface area contributed by atoms with Gasteiger partial charge in [0.05, 0.1) is 24.9 Å². The Balaban J connectivity index is 3.26. The van der Waals surface area contributed by atoms with E-state index in [1.54, 1.807) is 32.6 Å². The van der Waals surface area contributed by atoms with Crippen molar-refractivity contribution >= 4 is 13.5 Å². The van der Waals surface area contributed by atoms with Crippen molar-refractivity contribution in [2.24, 2.45) is 0 Å². The molecule has 7 heteroatoms. The molecule has 0 saturated heterocycles. The normalized spacial score (nSPS) is 11.7. The predicted octanol–water partition coefficient (Wildman–Crippen LogP) is 4.14. The molecule has 0 fully saturated rings. The summed E-state index contributed by atoms with van der Waals surface area (Å²) in [5, 5.41) is 0. The molecule has 1 amide bonds. The third kappa shape index (κ3) is 4.69. The van der Waals surface area contributed by atoms with Crippen LogP contribution in [-0.4, -0.2) is 37.1 Å². The van der Waals surface area contributed by atoms with Crippen LogP contribution in [0.3, 0.4) is 0 Å². The zero-order valence-corrected chi connectivity index (χ0v) is 15.9. The molecule has 0 spiro atoms. The molecule has 0 radical (unpaired) electrons. The van der Waals surface area contributed by atoms with Gasteiger partial charge in [-0.05, 0) is 41.5 Å². The van der Waals surface area contributed by atoms with Crippen molar-refractivity contribution in [1.82, 2.24) is 4.90 Å². The fourth-order valence-electron chi connectivity index (χ4n) is 2.59. The third-order valence-electron chi connectivity index (χ3n) is 3.65. The number of rotatable bonds is 9. The topological polar surface area (TPSA) is 69.0 Å². The van der Waals surface area contributed by atoms with E-state index in [1.165, 1.54) is 0 Å². The van der Waals surface area contributed by atoms with Crippen LogP contribution in [0.1, 0.15) is 55.1 Å². The van der Waals surface area contributed by atoms with E-state index in [-0.39, 0.29) is 25.3 Å². The van der Waals surface area contributed by atoms with Crippen molar-refractivity contribution in [3.05, 3.63) is 22.6 Å². The lowest BCUT2D eigenvalue weighted by Gasteiger charge is -2.21. The molecule has 0 aliphatic rings. The minimum atomic E-state index is -3.30. The van der Waals surface area contributed by atoms with Crippen molar-refractivity contribution in [2.75, 3.05) is 26.3 Å². The fraction of sp³-hybridized carbons (Fsp3) is 0.688. The number of carbonyl (C=O) groups excluding carboxylic acids is 1. The molecule has 132 valence electrons. The predicted molar refractivity (Wildman–Crippen MR) is 90.0 cm³/mol. The molecule has 1 rings (SSSR count). The third-order valence-corrected chi connectivity index (χ3v) is 5.66. The van der Waals surface area contributed by atoms with Gasteiger partial charge < -0.3 is 18.4 Å². The SMILES string of the molecule is CCOP(=O)(Cc1c(C)oc(C)c1C(=O)N(CC)CC)OCC. The zero-order chi connectivity index (χ0) is 17.6. The number of hydrogen-bond acceptors (Lipinski definition) is 5. The lowest BCUT2D eigenvalue weighted by molar-refractivity contribution is 0.0770. The van der Waals surface area contributed by atoms with Crippen LogP contribution >= 0.6 is 7.60 Å². The minimum absolute atomic E-state index is 0.0419. The summed E-state index contributed by atoms with van der Waals surface area (Å²) in [7, 11) is -3.30. The number of aryl methyl sites for hydroxylation is 2. The highest BCUT2D eigenvalue weighted by Crippen LogP contribution is 2.52. The van der Waals surface area contributed by atoms with Crippen LogP contribution in [0.15, 0.2) is 4.42 Å². The van der Waals surface area contributed by atoms with Gasteiger partial charge >= 0.3 is 7.60 Å². The van der Waals surface area contributed by atoms with E-state index in [0.29, 0.717) is 35.7 Å². The zero-order valence-electron chi connectivity index (χ0n) is 15.0. The molecule has 1 heterocycles. The molecule has 1 aromatic rings. The van der Waals surface area contributed by atoms with Crippen molar-refractivity contribution in [3.8, 4) is 0 Å². The summed E-state index contributed by atoms with van der Waals surface area (Å²) in [5.74, 6) is 1.01. The summed E-state index contributed by atoms with van der Waals surface area (Å²) in [5.41, 5.74) is 1.09. The van der Waals surface area contributed by atoms with E-state index in [1.807, 2.05) is 13.8 Å². The highest BCUT2D eigenvalue weighted by molar-refractivity contribution is 7.53. The second-order valence-corrected chi connectivity index (χ2v) is 7.20. The number of nitrogens with zero attached hydrogens (tertiary/aromatic N) is 1. The van der Waals surface area contributed by atoms with Gasteiger partial charge in [0.15, 0.2) is 0 Å². The van der Waals surface area contributed by atoms with E-state index >= 15 is 0 Å². The minimum Gasteiger partial charge on any atom is -0.466 e. The standard InChI is InChI=1S/C16H28NO5P/c1-7-17(8-2)16(18)15-13(6)22-12(5)14(15)11-23(19,20-9-3)21-10-4/h7-11H2,1-6H3. The Morgan fingerprint density at radius 1 is 1.04 bits per heavy atom. The van der Waals surface area contributed by atoms with Gasteiger partial charge in [0.25, 0.3) is 5.91 Å². The van der Waals surface area contributed by atoms with Gasteiger partial charge in [0, 0.05) is 18.7 Å². The number of amides is 1. The molecular formula is C16H28NO5P. The first-order valence-corrected chi connectivity index (χ1v) is 9.82. The smallest absolute Gasteiger partial charge is 0.335 e. The lowest BCUT2D eigenvalue weighted by atomic mass is 10.1. The maximum atomic E-state index is 12.8. The fourth-order valence-corrected chi connectivity index (χ4v) is 4.40. The van der Waals surface area contributed by atoms with Crippen molar-refractivity contribution in [1.29, 1.82) is 0 Å². The molecule has 0 saturated carbocycles. The summed E-state index contributed by atoms with van der Waals surface area (Å²) in [6, 6.07) is 0. The molecule has 0 unspecified atom stereocenters. The van der Waals surface area contributed by atoms with Crippen molar-refractivity contribution < 1.29 is 22.8 Å². The van der Waals surface area contributed by atoms with Crippen LogP contribution in [-0.2, 0) is 19.8 Å². The second-order valence-electron chi connectivity index (χ2n) is 5.15. The Bertz CT molecular complexity index is 567. The van der Waals surface area contributed by atoms with E-state index < -0.39 is 7.60 Å². The van der Waals surface area contributed by atoms with E-state index in [4.69, 9.17) is 13.5 Å². The van der Waals surface area contributed by atoms with Gasteiger partial charge in [-0.3, -0.25) is 9.36 Å². The van der Waals surface area contributed by atoms with Crippen LogP contribution in [0, 0.1) is 13.8 Å². The van der Waals surface area contributed by atoms with Gasteiger partial charge in [0.1, 0.15) is 11.5 Å². The van der Waals surface area contributed by atoms with Crippen molar-refractivity contribution in [3.63, 3.8) is 0 Å². The van der Waals surface area contributed by atoms with Crippen LogP contribution < -0.4 is 0 Å². The molecule has 1 aromatic heterocycles. The van der Waals surface area contributed by atoms with Gasteiger partial charge in [-0.15, -0.1) is 0 Å². The van der Waals surface area contributed by atoms with Crippen LogP contribution in [0.25, 0.3) is 0 Å². The first kappa shape index (κ1) is 19.9. The lowest BCUT2D eigenvalue weighted by Crippen LogP contribution is -2.31. The molecular weight excluding hydrogens is 317 g/mol. The summed E-state index contributed by atoms with van der Waals surface area (Å²) >= 11 is 0. The number of furan rings is 1. The van der Waals surface area contributed by atoms with Gasteiger partial charge in [-0.2, -0.15) is 0 Å². The Kier molecular flexibility index (Phi) is 7.52. The van der Waals surface area contributed by atoms with Gasteiger partial charge in [-0.25, -0.2) is 0 Å². The number of hydrogen-bond donors (Lipinski definition) is 0. The average molecular weight is 345 g/mol. The molecule has 0 N–H and O–H groups in total.